The molecule has 1 aliphatic rings. The summed E-state index contributed by atoms with van der Waals surface area (Å²) in [7, 11) is 0. The van der Waals surface area contributed by atoms with Crippen molar-refractivity contribution in [3.8, 4) is 11.5 Å². The van der Waals surface area contributed by atoms with Crippen molar-refractivity contribution in [2.75, 3.05) is 0 Å². The molecule has 0 saturated carbocycles. The summed E-state index contributed by atoms with van der Waals surface area (Å²) in [5.41, 5.74) is 4.66. The second-order valence-corrected chi connectivity index (χ2v) is 5.63. The lowest BCUT2D eigenvalue weighted by atomic mass is 9.95. The van der Waals surface area contributed by atoms with Gasteiger partial charge in [0.05, 0.1) is 0 Å². The molecule has 0 saturated heterocycles. The van der Waals surface area contributed by atoms with E-state index in [-0.39, 0.29) is 0 Å². The van der Waals surface area contributed by atoms with Crippen LogP contribution in [0.15, 0.2) is 36.4 Å². The quantitative estimate of drug-likeness (QED) is 0.763. The summed E-state index contributed by atoms with van der Waals surface area (Å²) < 4.78 is 0. The predicted molar refractivity (Wildman–Crippen MR) is 80.3 cm³/mol. The van der Waals surface area contributed by atoms with Gasteiger partial charge in [0.15, 0.2) is 0 Å². The van der Waals surface area contributed by atoms with Gasteiger partial charge in [0.1, 0.15) is 11.5 Å². The number of hydrogen-bond acceptors (Lipinski definition) is 2. The Morgan fingerprint density at radius 1 is 0.600 bits per heavy atom. The van der Waals surface area contributed by atoms with Gasteiger partial charge in [-0.25, -0.2) is 0 Å². The molecule has 0 unspecified atom stereocenters. The van der Waals surface area contributed by atoms with Crippen LogP contribution >= 0.6 is 0 Å². The molecule has 2 nitrogen and oxygen atoms in total. The van der Waals surface area contributed by atoms with Crippen molar-refractivity contribution in [2.24, 2.45) is 0 Å². The molecule has 20 heavy (non-hydrogen) atoms. The fraction of sp³-hybridized carbons (Fsp3) is 0.333. The average molecular weight is 268 g/mol. The third kappa shape index (κ3) is 2.79. The van der Waals surface area contributed by atoms with Crippen molar-refractivity contribution in [1.29, 1.82) is 0 Å². The maximum absolute atomic E-state index is 9.92. The summed E-state index contributed by atoms with van der Waals surface area (Å²) in [5, 5.41) is 19.8. The van der Waals surface area contributed by atoms with E-state index in [0.29, 0.717) is 11.5 Å². The van der Waals surface area contributed by atoms with Crippen LogP contribution in [0.1, 0.15) is 35.1 Å². The molecule has 2 aromatic rings. The van der Waals surface area contributed by atoms with Crippen molar-refractivity contribution in [2.45, 2.75) is 38.5 Å². The van der Waals surface area contributed by atoms with E-state index in [9.17, 15) is 10.2 Å². The molecule has 4 bridgehead atoms. The van der Waals surface area contributed by atoms with Gasteiger partial charge < -0.3 is 10.2 Å². The van der Waals surface area contributed by atoms with Gasteiger partial charge in [0, 0.05) is 0 Å². The molecule has 0 radical (unpaired) electrons. The number of phenolic OH excluding ortho intramolecular Hbond substituents is 2. The minimum atomic E-state index is 0.414. The Labute approximate surface area is 119 Å². The minimum Gasteiger partial charge on any atom is -0.508 e. The van der Waals surface area contributed by atoms with E-state index in [1.54, 1.807) is 0 Å². The highest BCUT2D eigenvalue weighted by molar-refractivity contribution is 5.39. The second-order valence-electron chi connectivity index (χ2n) is 5.63. The number of hydrogen-bond donors (Lipinski definition) is 2. The molecule has 1 aliphatic carbocycles. The fourth-order valence-corrected chi connectivity index (χ4v) is 2.96. The fourth-order valence-electron chi connectivity index (χ4n) is 2.96. The van der Waals surface area contributed by atoms with Crippen molar-refractivity contribution in [1.82, 2.24) is 0 Å². The van der Waals surface area contributed by atoms with E-state index in [1.165, 1.54) is 11.1 Å². The Balaban J connectivity index is 1.88. The Morgan fingerprint density at radius 3 is 1.50 bits per heavy atom. The van der Waals surface area contributed by atoms with Gasteiger partial charge >= 0.3 is 0 Å². The molecule has 0 spiro atoms. The van der Waals surface area contributed by atoms with Crippen molar-refractivity contribution in [3.63, 3.8) is 0 Å². The van der Waals surface area contributed by atoms with Crippen LogP contribution in [0.4, 0.5) is 0 Å². The first-order chi connectivity index (χ1) is 9.72. The van der Waals surface area contributed by atoms with Crippen LogP contribution < -0.4 is 0 Å². The topological polar surface area (TPSA) is 40.5 Å². The maximum atomic E-state index is 9.92. The summed E-state index contributed by atoms with van der Waals surface area (Å²) in [6, 6.07) is 11.9. The van der Waals surface area contributed by atoms with Crippen LogP contribution in [0.2, 0.25) is 0 Å². The number of benzene rings is 2. The predicted octanol–water partition coefficient (Wildman–Crippen LogP) is 3.76. The first kappa shape index (κ1) is 13.0. The molecule has 0 amide bonds. The lowest BCUT2D eigenvalue weighted by molar-refractivity contribution is 0.465. The van der Waals surface area contributed by atoms with Gasteiger partial charge in [-0.1, -0.05) is 24.3 Å². The highest BCUT2D eigenvalue weighted by Gasteiger charge is 2.08. The van der Waals surface area contributed by atoms with Crippen LogP contribution in [-0.4, -0.2) is 10.2 Å². The van der Waals surface area contributed by atoms with Crippen LogP contribution in [0.3, 0.4) is 0 Å². The van der Waals surface area contributed by atoms with Gasteiger partial charge in [0.25, 0.3) is 0 Å². The molecule has 104 valence electrons. The van der Waals surface area contributed by atoms with Crippen molar-refractivity contribution in [3.05, 3.63) is 58.7 Å². The summed E-state index contributed by atoms with van der Waals surface area (Å²) in [6.07, 6.45) is 5.79. The molecule has 2 aromatic carbocycles. The molecule has 2 N–H and O–H groups in total. The number of rotatable bonds is 0. The lowest BCUT2D eigenvalue weighted by Gasteiger charge is -2.12. The first-order valence-electron chi connectivity index (χ1n) is 7.34. The summed E-state index contributed by atoms with van der Waals surface area (Å²) >= 11 is 0. The highest BCUT2D eigenvalue weighted by Crippen LogP contribution is 2.26. The molecular formula is C18H20O2. The molecular weight excluding hydrogens is 248 g/mol. The molecule has 0 heterocycles. The number of aromatic hydroxyl groups is 2. The standard InChI is InChI=1S/C18H20O2/c19-17-10-8-14-4-2-6-16-11-13(7-9-18(16)20)3-1-5-15(17)12-14/h7-12,19-20H,1-6H2. The SMILES string of the molecule is Oc1ccc2cc1CCCc1ccc(O)c(c1)CCC2. The van der Waals surface area contributed by atoms with Crippen LogP contribution in [0.25, 0.3) is 0 Å². The van der Waals surface area contributed by atoms with Crippen LogP contribution in [0.5, 0.6) is 11.5 Å². The van der Waals surface area contributed by atoms with Gasteiger partial charge in [-0.15, -0.1) is 0 Å². The normalized spacial score (nSPS) is 15.2. The highest BCUT2D eigenvalue weighted by atomic mass is 16.3. The van der Waals surface area contributed by atoms with Crippen molar-refractivity contribution >= 4 is 0 Å². The smallest absolute Gasteiger partial charge is 0.118 e. The molecule has 0 atom stereocenters. The zero-order valence-corrected chi connectivity index (χ0v) is 11.6. The second kappa shape index (κ2) is 5.58. The van der Waals surface area contributed by atoms with Crippen molar-refractivity contribution < 1.29 is 10.2 Å². The average Bonchev–Trinajstić information content (AvgIpc) is 2.44. The monoisotopic (exact) mass is 268 g/mol. The summed E-state index contributed by atoms with van der Waals surface area (Å²) in [5.74, 6) is 0.828. The maximum Gasteiger partial charge on any atom is 0.118 e. The Hall–Kier alpha value is -1.96. The number of fused-ring (bicyclic) bond motifs is 4. The van der Waals surface area contributed by atoms with Gasteiger partial charge in [-0.2, -0.15) is 0 Å². The molecule has 2 heteroatoms. The lowest BCUT2D eigenvalue weighted by Crippen LogP contribution is -1.98. The van der Waals surface area contributed by atoms with E-state index in [0.717, 1.165) is 49.7 Å². The zero-order chi connectivity index (χ0) is 13.9. The van der Waals surface area contributed by atoms with E-state index in [1.807, 2.05) is 24.3 Å². The largest absolute Gasteiger partial charge is 0.508 e. The Bertz CT molecular complexity index is 561. The van der Waals surface area contributed by atoms with Gasteiger partial charge in [-0.3, -0.25) is 0 Å². The van der Waals surface area contributed by atoms with E-state index in [4.69, 9.17) is 0 Å². The van der Waals surface area contributed by atoms with Gasteiger partial charge in [0.2, 0.25) is 0 Å². The minimum absolute atomic E-state index is 0.414. The van der Waals surface area contributed by atoms with Gasteiger partial charge in [-0.05, 0) is 72.9 Å². The Kier molecular flexibility index (Phi) is 3.64. The first-order valence-corrected chi connectivity index (χ1v) is 7.34. The van der Waals surface area contributed by atoms with Crippen LogP contribution in [-0.2, 0) is 25.7 Å². The Morgan fingerprint density at radius 2 is 1.05 bits per heavy atom. The third-order valence-corrected chi connectivity index (χ3v) is 4.11. The van der Waals surface area contributed by atoms with E-state index >= 15 is 0 Å². The third-order valence-electron chi connectivity index (χ3n) is 4.11. The zero-order valence-electron chi connectivity index (χ0n) is 11.6. The molecule has 0 aromatic heterocycles. The molecule has 3 rings (SSSR count). The summed E-state index contributed by atoms with van der Waals surface area (Å²) in [6.45, 7) is 0. The van der Waals surface area contributed by atoms with E-state index in [2.05, 4.69) is 12.1 Å². The summed E-state index contributed by atoms with van der Waals surface area (Å²) in [4.78, 5) is 0. The number of aryl methyl sites for hydroxylation is 4. The number of phenols is 2. The van der Waals surface area contributed by atoms with E-state index < -0.39 is 0 Å². The molecule has 0 aliphatic heterocycles. The van der Waals surface area contributed by atoms with Crippen LogP contribution in [0, 0.1) is 0 Å². The molecule has 0 fully saturated rings.